The van der Waals surface area contributed by atoms with Crippen LogP contribution in [0.4, 0.5) is 0 Å². The lowest BCUT2D eigenvalue weighted by Gasteiger charge is -2.16. The van der Waals surface area contributed by atoms with Crippen LogP contribution < -0.4 is 4.74 Å². The summed E-state index contributed by atoms with van der Waals surface area (Å²) < 4.78 is 5.82. The van der Waals surface area contributed by atoms with Crippen molar-refractivity contribution in [3.05, 3.63) is 58.1 Å². The molecule has 0 bridgehead atoms. The van der Waals surface area contributed by atoms with Crippen LogP contribution in [0.25, 0.3) is 0 Å². The van der Waals surface area contributed by atoms with Crippen LogP contribution in [0.3, 0.4) is 0 Å². The van der Waals surface area contributed by atoms with Gasteiger partial charge in [0.15, 0.2) is 6.29 Å². The molecule has 3 heteroatoms. The van der Waals surface area contributed by atoms with Gasteiger partial charge in [-0.15, -0.1) is 0 Å². The molecule has 102 valence electrons. The Labute approximate surface area is 123 Å². The smallest absolute Gasteiger partial charge is 0.151 e. The van der Waals surface area contributed by atoms with E-state index in [0.717, 1.165) is 24.9 Å². The van der Waals surface area contributed by atoms with E-state index in [9.17, 15) is 4.79 Å². The predicted octanol–water partition coefficient (Wildman–Crippen LogP) is 4.82. The highest BCUT2D eigenvalue weighted by atomic mass is 35.5. The fraction of sp³-hybridized carbons (Fsp3) is 0.235. The van der Waals surface area contributed by atoms with Crippen LogP contribution >= 0.6 is 11.6 Å². The highest BCUT2D eigenvalue weighted by Gasteiger charge is 2.10. The zero-order chi connectivity index (χ0) is 13.9. The average molecular weight is 287 g/mol. The van der Waals surface area contributed by atoms with Crippen LogP contribution in [0.5, 0.6) is 11.5 Å². The first-order valence-corrected chi connectivity index (χ1v) is 7.18. The summed E-state index contributed by atoms with van der Waals surface area (Å²) in [7, 11) is 0. The number of benzene rings is 2. The zero-order valence-electron chi connectivity index (χ0n) is 11.1. The molecule has 1 aliphatic carbocycles. The molecule has 0 amide bonds. The third kappa shape index (κ3) is 2.70. The maximum Gasteiger partial charge on any atom is 0.151 e. The Morgan fingerprint density at radius 1 is 0.950 bits per heavy atom. The van der Waals surface area contributed by atoms with Crippen LogP contribution in [0.15, 0.2) is 36.4 Å². The van der Waals surface area contributed by atoms with E-state index in [0.29, 0.717) is 16.3 Å². The van der Waals surface area contributed by atoms with Gasteiger partial charge in [0.25, 0.3) is 0 Å². The topological polar surface area (TPSA) is 26.3 Å². The van der Waals surface area contributed by atoms with E-state index in [4.69, 9.17) is 16.3 Å². The van der Waals surface area contributed by atoms with E-state index in [-0.39, 0.29) is 0 Å². The minimum absolute atomic E-state index is 0.412. The van der Waals surface area contributed by atoms with Gasteiger partial charge in [0.2, 0.25) is 0 Å². The van der Waals surface area contributed by atoms with Gasteiger partial charge in [-0.1, -0.05) is 17.7 Å². The summed E-state index contributed by atoms with van der Waals surface area (Å²) in [6.07, 6.45) is 5.55. The Morgan fingerprint density at radius 2 is 1.65 bits per heavy atom. The van der Waals surface area contributed by atoms with Crippen LogP contribution in [0.1, 0.15) is 34.3 Å². The largest absolute Gasteiger partial charge is 0.457 e. The molecule has 2 aromatic carbocycles. The maximum absolute atomic E-state index is 10.7. The Morgan fingerprint density at radius 3 is 2.40 bits per heavy atom. The number of hydrogen-bond donors (Lipinski definition) is 0. The summed E-state index contributed by atoms with van der Waals surface area (Å²) in [4.78, 5) is 10.7. The SMILES string of the molecule is O=Cc1ccc(Oc2ccc3c(c2)CCCC3)cc1Cl. The molecule has 2 nitrogen and oxygen atoms in total. The van der Waals surface area contributed by atoms with Crippen LogP contribution in [-0.4, -0.2) is 6.29 Å². The lowest BCUT2D eigenvalue weighted by Crippen LogP contribution is -2.02. The molecule has 3 rings (SSSR count). The van der Waals surface area contributed by atoms with Gasteiger partial charge in [-0.05, 0) is 61.1 Å². The third-order valence-electron chi connectivity index (χ3n) is 3.65. The number of fused-ring (bicyclic) bond motifs is 1. The first-order chi connectivity index (χ1) is 9.76. The summed E-state index contributed by atoms with van der Waals surface area (Å²) in [5.41, 5.74) is 3.28. The number of ether oxygens (including phenoxy) is 1. The number of carbonyl (C=O) groups excluding carboxylic acids is 1. The van der Waals surface area contributed by atoms with Gasteiger partial charge in [-0.25, -0.2) is 0 Å². The number of carbonyl (C=O) groups is 1. The fourth-order valence-electron chi connectivity index (χ4n) is 2.58. The quantitative estimate of drug-likeness (QED) is 0.756. The van der Waals surface area contributed by atoms with Crippen molar-refractivity contribution in [2.24, 2.45) is 0 Å². The molecular formula is C17H15ClO2. The van der Waals surface area contributed by atoms with E-state index in [2.05, 4.69) is 12.1 Å². The first kappa shape index (κ1) is 13.2. The van der Waals surface area contributed by atoms with E-state index in [1.54, 1.807) is 18.2 Å². The summed E-state index contributed by atoms with van der Waals surface area (Å²) in [5, 5.41) is 0.412. The number of hydrogen-bond acceptors (Lipinski definition) is 2. The summed E-state index contributed by atoms with van der Waals surface area (Å²) in [5.74, 6) is 1.47. The molecule has 1 aliphatic rings. The molecule has 0 aliphatic heterocycles. The van der Waals surface area contributed by atoms with Gasteiger partial charge in [0.05, 0.1) is 5.02 Å². The highest BCUT2D eigenvalue weighted by Crippen LogP contribution is 2.30. The van der Waals surface area contributed by atoms with Gasteiger partial charge in [0.1, 0.15) is 11.5 Å². The standard InChI is InChI=1S/C17H15ClO2/c18-17-10-16(8-6-14(17)11-19)20-15-7-5-12-3-1-2-4-13(12)9-15/h5-11H,1-4H2. The minimum Gasteiger partial charge on any atom is -0.457 e. The second kappa shape index (κ2) is 5.68. The Hall–Kier alpha value is -1.80. The summed E-state index contributed by atoms with van der Waals surface area (Å²) in [6.45, 7) is 0. The molecule has 2 aromatic rings. The van der Waals surface area contributed by atoms with Crippen molar-refractivity contribution in [2.45, 2.75) is 25.7 Å². The number of aldehydes is 1. The van der Waals surface area contributed by atoms with Crippen LogP contribution in [-0.2, 0) is 12.8 Å². The van der Waals surface area contributed by atoms with Crippen molar-refractivity contribution in [3.8, 4) is 11.5 Å². The molecule has 0 fully saturated rings. The minimum atomic E-state index is 0.412. The lowest BCUT2D eigenvalue weighted by atomic mass is 9.92. The monoisotopic (exact) mass is 286 g/mol. The molecular weight excluding hydrogens is 272 g/mol. The zero-order valence-corrected chi connectivity index (χ0v) is 11.8. The fourth-order valence-corrected chi connectivity index (χ4v) is 2.79. The molecule has 0 heterocycles. The number of aryl methyl sites for hydroxylation is 2. The maximum atomic E-state index is 10.7. The average Bonchev–Trinajstić information content (AvgIpc) is 2.47. The van der Waals surface area contributed by atoms with E-state index >= 15 is 0 Å². The van der Waals surface area contributed by atoms with E-state index in [1.165, 1.54) is 24.0 Å². The van der Waals surface area contributed by atoms with Crippen molar-refractivity contribution < 1.29 is 9.53 Å². The Kier molecular flexibility index (Phi) is 3.75. The van der Waals surface area contributed by atoms with Crippen LogP contribution in [0, 0.1) is 0 Å². The van der Waals surface area contributed by atoms with Crippen LogP contribution in [0.2, 0.25) is 5.02 Å². The lowest BCUT2D eigenvalue weighted by molar-refractivity contribution is 0.112. The van der Waals surface area contributed by atoms with E-state index < -0.39 is 0 Å². The predicted molar refractivity (Wildman–Crippen MR) is 80.0 cm³/mol. The Balaban J connectivity index is 1.84. The summed E-state index contributed by atoms with van der Waals surface area (Å²) in [6, 6.07) is 11.3. The van der Waals surface area contributed by atoms with Crippen molar-refractivity contribution in [1.29, 1.82) is 0 Å². The Bertz CT molecular complexity index is 649. The van der Waals surface area contributed by atoms with Crippen molar-refractivity contribution in [3.63, 3.8) is 0 Å². The van der Waals surface area contributed by atoms with Crippen molar-refractivity contribution >= 4 is 17.9 Å². The second-order valence-electron chi connectivity index (χ2n) is 5.04. The molecule has 0 atom stereocenters. The summed E-state index contributed by atoms with van der Waals surface area (Å²) >= 11 is 6.00. The normalized spacial score (nSPS) is 13.7. The second-order valence-corrected chi connectivity index (χ2v) is 5.45. The van der Waals surface area contributed by atoms with Gasteiger partial charge in [0, 0.05) is 11.6 Å². The highest BCUT2D eigenvalue weighted by molar-refractivity contribution is 6.33. The molecule has 0 spiro atoms. The van der Waals surface area contributed by atoms with E-state index in [1.807, 2.05) is 6.07 Å². The third-order valence-corrected chi connectivity index (χ3v) is 3.98. The first-order valence-electron chi connectivity index (χ1n) is 6.80. The van der Waals surface area contributed by atoms with Crippen molar-refractivity contribution in [2.75, 3.05) is 0 Å². The molecule has 0 unspecified atom stereocenters. The molecule has 0 saturated heterocycles. The van der Waals surface area contributed by atoms with Gasteiger partial charge >= 0.3 is 0 Å². The molecule has 20 heavy (non-hydrogen) atoms. The number of rotatable bonds is 3. The van der Waals surface area contributed by atoms with Crippen molar-refractivity contribution in [1.82, 2.24) is 0 Å². The van der Waals surface area contributed by atoms with Gasteiger partial charge < -0.3 is 4.74 Å². The van der Waals surface area contributed by atoms with Gasteiger partial charge in [-0.3, -0.25) is 4.79 Å². The molecule has 0 radical (unpaired) electrons. The molecule has 0 N–H and O–H groups in total. The van der Waals surface area contributed by atoms with Gasteiger partial charge in [-0.2, -0.15) is 0 Å². The molecule has 0 aromatic heterocycles. The molecule has 0 saturated carbocycles. The number of halogens is 1.